The Morgan fingerprint density at radius 2 is 2.12 bits per heavy atom. The van der Waals surface area contributed by atoms with E-state index in [0.717, 1.165) is 51.1 Å². The minimum atomic E-state index is 0.270. The molecule has 100 valence electrons. The first-order valence-electron chi connectivity index (χ1n) is 7.16. The van der Waals surface area contributed by atoms with E-state index in [1.54, 1.807) is 0 Å². The maximum Gasteiger partial charge on any atom is 0.222 e. The van der Waals surface area contributed by atoms with Crippen molar-refractivity contribution < 1.29 is 9.90 Å². The SMILES string of the molecule is CCCC1CCC(=O)N(CCCCCO)CC1. The number of hydrogen-bond acceptors (Lipinski definition) is 2. The Balaban J connectivity index is 2.27. The van der Waals surface area contributed by atoms with Gasteiger partial charge in [0.25, 0.3) is 0 Å². The maximum absolute atomic E-state index is 11.9. The van der Waals surface area contributed by atoms with Crippen molar-refractivity contribution in [1.29, 1.82) is 0 Å². The van der Waals surface area contributed by atoms with Crippen molar-refractivity contribution in [3.63, 3.8) is 0 Å². The van der Waals surface area contributed by atoms with Crippen LogP contribution in [0.2, 0.25) is 0 Å². The van der Waals surface area contributed by atoms with Crippen molar-refractivity contribution in [3.8, 4) is 0 Å². The fourth-order valence-corrected chi connectivity index (χ4v) is 2.62. The monoisotopic (exact) mass is 241 g/mol. The van der Waals surface area contributed by atoms with Crippen LogP contribution in [0.3, 0.4) is 0 Å². The van der Waals surface area contributed by atoms with Crippen molar-refractivity contribution in [2.24, 2.45) is 5.92 Å². The quantitative estimate of drug-likeness (QED) is 0.696. The summed E-state index contributed by atoms with van der Waals surface area (Å²) in [6.07, 6.45) is 8.43. The van der Waals surface area contributed by atoms with E-state index in [4.69, 9.17) is 5.11 Å². The van der Waals surface area contributed by atoms with Gasteiger partial charge in [-0.2, -0.15) is 0 Å². The van der Waals surface area contributed by atoms with E-state index in [-0.39, 0.29) is 6.61 Å². The van der Waals surface area contributed by atoms with Crippen LogP contribution in [0.25, 0.3) is 0 Å². The molecule has 0 radical (unpaired) electrons. The molecule has 0 bridgehead atoms. The summed E-state index contributed by atoms with van der Waals surface area (Å²) in [5.74, 6) is 1.10. The topological polar surface area (TPSA) is 40.5 Å². The van der Waals surface area contributed by atoms with Gasteiger partial charge in [0.05, 0.1) is 0 Å². The molecule has 1 N–H and O–H groups in total. The lowest BCUT2D eigenvalue weighted by Crippen LogP contribution is -2.31. The molecule has 1 atom stereocenters. The summed E-state index contributed by atoms with van der Waals surface area (Å²) >= 11 is 0. The number of nitrogens with zero attached hydrogens (tertiary/aromatic N) is 1. The van der Waals surface area contributed by atoms with E-state index in [1.807, 2.05) is 4.90 Å². The molecule has 1 amide bonds. The molecular weight excluding hydrogens is 214 g/mol. The number of hydrogen-bond donors (Lipinski definition) is 1. The second-order valence-corrected chi connectivity index (χ2v) is 5.15. The van der Waals surface area contributed by atoms with E-state index in [1.165, 1.54) is 19.3 Å². The molecule has 0 aromatic rings. The number of aliphatic hydroxyl groups excluding tert-OH is 1. The van der Waals surface area contributed by atoms with E-state index >= 15 is 0 Å². The number of carbonyl (C=O) groups excluding carboxylic acids is 1. The molecule has 0 aromatic carbocycles. The van der Waals surface area contributed by atoms with Gasteiger partial charge in [-0.1, -0.05) is 19.8 Å². The van der Waals surface area contributed by atoms with Gasteiger partial charge < -0.3 is 10.0 Å². The van der Waals surface area contributed by atoms with Crippen LogP contribution in [0.5, 0.6) is 0 Å². The zero-order chi connectivity index (χ0) is 12.5. The lowest BCUT2D eigenvalue weighted by atomic mass is 9.96. The second-order valence-electron chi connectivity index (χ2n) is 5.15. The highest BCUT2D eigenvalue weighted by atomic mass is 16.2. The van der Waals surface area contributed by atoms with Gasteiger partial charge in [-0.3, -0.25) is 4.79 Å². The molecule has 1 rings (SSSR count). The summed E-state index contributed by atoms with van der Waals surface area (Å²) in [6.45, 7) is 4.33. The van der Waals surface area contributed by atoms with Gasteiger partial charge >= 0.3 is 0 Å². The molecule has 1 unspecified atom stereocenters. The zero-order valence-electron chi connectivity index (χ0n) is 11.2. The van der Waals surface area contributed by atoms with Crippen molar-refractivity contribution >= 4 is 5.91 Å². The predicted molar refractivity (Wildman–Crippen MR) is 69.8 cm³/mol. The Bertz CT molecular complexity index is 218. The van der Waals surface area contributed by atoms with Crippen LogP contribution in [-0.2, 0) is 4.79 Å². The molecule has 0 saturated carbocycles. The third kappa shape index (κ3) is 5.53. The third-order valence-corrected chi connectivity index (χ3v) is 3.71. The zero-order valence-corrected chi connectivity index (χ0v) is 11.2. The van der Waals surface area contributed by atoms with Crippen LogP contribution >= 0.6 is 0 Å². The third-order valence-electron chi connectivity index (χ3n) is 3.71. The fourth-order valence-electron chi connectivity index (χ4n) is 2.62. The van der Waals surface area contributed by atoms with Gasteiger partial charge in [-0.15, -0.1) is 0 Å². The summed E-state index contributed by atoms with van der Waals surface area (Å²) in [7, 11) is 0. The van der Waals surface area contributed by atoms with E-state index in [0.29, 0.717) is 5.91 Å². The van der Waals surface area contributed by atoms with E-state index in [2.05, 4.69) is 6.92 Å². The Labute approximate surface area is 105 Å². The van der Waals surface area contributed by atoms with Crippen LogP contribution in [0.1, 0.15) is 58.3 Å². The molecule has 1 heterocycles. The highest BCUT2D eigenvalue weighted by Crippen LogP contribution is 2.22. The summed E-state index contributed by atoms with van der Waals surface area (Å²) in [6, 6.07) is 0. The summed E-state index contributed by atoms with van der Waals surface area (Å²) in [5, 5.41) is 8.71. The van der Waals surface area contributed by atoms with Crippen molar-refractivity contribution in [2.45, 2.75) is 58.3 Å². The van der Waals surface area contributed by atoms with Crippen LogP contribution < -0.4 is 0 Å². The summed E-state index contributed by atoms with van der Waals surface area (Å²) < 4.78 is 0. The van der Waals surface area contributed by atoms with Crippen LogP contribution in [0.15, 0.2) is 0 Å². The number of likely N-dealkylation sites (tertiary alicyclic amines) is 1. The highest BCUT2D eigenvalue weighted by Gasteiger charge is 2.21. The first kappa shape index (κ1) is 14.5. The van der Waals surface area contributed by atoms with Gasteiger partial charge in [0.1, 0.15) is 0 Å². The largest absolute Gasteiger partial charge is 0.396 e. The number of carbonyl (C=O) groups is 1. The molecule has 1 fully saturated rings. The van der Waals surface area contributed by atoms with Gasteiger partial charge in [-0.05, 0) is 38.0 Å². The average Bonchev–Trinajstić information content (AvgIpc) is 2.50. The van der Waals surface area contributed by atoms with Crippen LogP contribution in [0, 0.1) is 5.92 Å². The molecule has 0 aliphatic carbocycles. The lowest BCUT2D eigenvalue weighted by molar-refractivity contribution is -0.130. The van der Waals surface area contributed by atoms with Gasteiger partial charge in [0, 0.05) is 26.1 Å². The predicted octanol–water partition coefficient (Wildman–Crippen LogP) is 2.58. The van der Waals surface area contributed by atoms with Crippen LogP contribution in [-0.4, -0.2) is 35.6 Å². The van der Waals surface area contributed by atoms with Gasteiger partial charge in [0.2, 0.25) is 5.91 Å². The number of rotatable bonds is 7. The fraction of sp³-hybridized carbons (Fsp3) is 0.929. The standard InChI is InChI=1S/C14H27NO2/c1-2-6-13-7-8-14(17)15(11-9-13)10-4-3-5-12-16/h13,16H,2-12H2,1H3. The minimum absolute atomic E-state index is 0.270. The number of aliphatic hydroxyl groups is 1. The Morgan fingerprint density at radius 1 is 1.29 bits per heavy atom. The Morgan fingerprint density at radius 3 is 2.82 bits per heavy atom. The normalized spacial score (nSPS) is 21.6. The van der Waals surface area contributed by atoms with E-state index in [9.17, 15) is 4.79 Å². The molecular formula is C14H27NO2. The maximum atomic E-state index is 11.9. The average molecular weight is 241 g/mol. The summed E-state index contributed by atoms with van der Waals surface area (Å²) in [5.41, 5.74) is 0. The first-order valence-corrected chi connectivity index (χ1v) is 7.16. The van der Waals surface area contributed by atoms with E-state index < -0.39 is 0 Å². The summed E-state index contributed by atoms with van der Waals surface area (Å²) in [4.78, 5) is 13.9. The Hall–Kier alpha value is -0.570. The smallest absolute Gasteiger partial charge is 0.222 e. The Kier molecular flexibility index (Phi) is 7.25. The molecule has 3 nitrogen and oxygen atoms in total. The molecule has 3 heteroatoms. The molecule has 1 saturated heterocycles. The second kappa shape index (κ2) is 8.51. The van der Waals surface area contributed by atoms with Crippen molar-refractivity contribution in [3.05, 3.63) is 0 Å². The molecule has 1 aliphatic heterocycles. The molecule has 1 aliphatic rings. The highest BCUT2D eigenvalue weighted by molar-refractivity contribution is 5.76. The first-order chi connectivity index (χ1) is 8.27. The number of unbranched alkanes of at least 4 members (excludes halogenated alkanes) is 2. The van der Waals surface area contributed by atoms with Gasteiger partial charge in [-0.25, -0.2) is 0 Å². The lowest BCUT2D eigenvalue weighted by Gasteiger charge is -2.20. The molecule has 0 aromatic heterocycles. The van der Waals surface area contributed by atoms with Gasteiger partial charge in [0.15, 0.2) is 0 Å². The number of amides is 1. The molecule has 0 spiro atoms. The molecule has 17 heavy (non-hydrogen) atoms. The van der Waals surface area contributed by atoms with Crippen LogP contribution in [0.4, 0.5) is 0 Å². The minimum Gasteiger partial charge on any atom is -0.396 e. The van der Waals surface area contributed by atoms with Crippen molar-refractivity contribution in [1.82, 2.24) is 4.90 Å². The van der Waals surface area contributed by atoms with Crippen molar-refractivity contribution in [2.75, 3.05) is 19.7 Å².